The first kappa shape index (κ1) is 15.0. The van der Waals surface area contributed by atoms with Crippen molar-refractivity contribution in [2.24, 2.45) is 5.73 Å². The predicted octanol–water partition coefficient (Wildman–Crippen LogP) is 2.33. The van der Waals surface area contributed by atoms with E-state index in [0.717, 1.165) is 55.2 Å². The Balaban J connectivity index is 1.48. The van der Waals surface area contributed by atoms with Crippen LogP contribution < -0.4 is 11.1 Å². The summed E-state index contributed by atoms with van der Waals surface area (Å²) in [5.41, 5.74) is 9.15. The molecule has 3 N–H and O–H groups in total. The zero-order valence-corrected chi connectivity index (χ0v) is 13.2. The number of anilines is 1. The van der Waals surface area contributed by atoms with E-state index in [-0.39, 0.29) is 0 Å². The monoisotopic (exact) mass is 301 g/mol. The van der Waals surface area contributed by atoms with E-state index in [1.165, 1.54) is 5.56 Å². The fourth-order valence-corrected chi connectivity index (χ4v) is 2.94. The van der Waals surface area contributed by atoms with Crippen molar-refractivity contribution < 1.29 is 4.52 Å². The van der Waals surface area contributed by atoms with Crippen molar-refractivity contribution in [1.29, 1.82) is 0 Å². The molecule has 1 aliphatic carbocycles. The van der Waals surface area contributed by atoms with Crippen molar-refractivity contribution in [1.82, 2.24) is 15.1 Å². The number of hydrogen-bond donors (Lipinski definition) is 2. The van der Waals surface area contributed by atoms with Crippen LogP contribution >= 0.6 is 0 Å². The predicted molar refractivity (Wildman–Crippen MR) is 84.8 cm³/mol. The normalized spacial score (nSPS) is 20.7. The van der Waals surface area contributed by atoms with Gasteiger partial charge in [-0.1, -0.05) is 5.16 Å². The lowest BCUT2D eigenvalue weighted by atomic mass is 9.79. The first-order valence-electron chi connectivity index (χ1n) is 7.86. The molecular weight excluding hydrogens is 278 g/mol. The minimum absolute atomic E-state index is 0.339. The van der Waals surface area contributed by atoms with Gasteiger partial charge in [-0.15, -0.1) is 0 Å². The van der Waals surface area contributed by atoms with Gasteiger partial charge in [0.2, 0.25) is 0 Å². The topological polar surface area (TPSA) is 89.9 Å². The van der Waals surface area contributed by atoms with Crippen molar-refractivity contribution in [3.63, 3.8) is 0 Å². The minimum Gasteiger partial charge on any atom is -0.370 e. The highest BCUT2D eigenvalue weighted by atomic mass is 16.5. The lowest BCUT2D eigenvalue weighted by molar-refractivity contribution is 0.345. The summed E-state index contributed by atoms with van der Waals surface area (Å²) in [4.78, 5) is 8.65. The van der Waals surface area contributed by atoms with Gasteiger partial charge >= 0.3 is 0 Å². The molecule has 2 aromatic heterocycles. The summed E-state index contributed by atoms with van der Waals surface area (Å²) in [6.45, 7) is 4.81. The third-order valence-corrected chi connectivity index (χ3v) is 4.37. The Morgan fingerprint density at radius 2 is 2.14 bits per heavy atom. The van der Waals surface area contributed by atoms with Crippen LogP contribution in [0.15, 0.2) is 16.9 Å². The van der Waals surface area contributed by atoms with Crippen LogP contribution in [-0.4, -0.2) is 27.7 Å². The molecule has 0 radical (unpaired) electrons. The summed E-state index contributed by atoms with van der Waals surface area (Å²) in [5, 5.41) is 7.35. The number of rotatable bonds is 6. The van der Waals surface area contributed by atoms with Crippen LogP contribution in [0.3, 0.4) is 0 Å². The van der Waals surface area contributed by atoms with Crippen molar-refractivity contribution in [3.05, 3.63) is 35.1 Å². The summed E-state index contributed by atoms with van der Waals surface area (Å²) in [6.07, 6.45) is 5.67. The zero-order valence-electron chi connectivity index (χ0n) is 13.2. The second kappa shape index (κ2) is 6.44. The second-order valence-electron chi connectivity index (χ2n) is 6.09. The van der Waals surface area contributed by atoms with Gasteiger partial charge in [0.25, 0.3) is 0 Å². The molecule has 118 valence electrons. The highest BCUT2D eigenvalue weighted by Crippen LogP contribution is 2.34. The molecule has 0 unspecified atom stereocenters. The van der Waals surface area contributed by atoms with Crippen LogP contribution in [0.2, 0.25) is 0 Å². The Bertz CT molecular complexity index is 614. The molecule has 0 amide bonds. The van der Waals surface area contributed by atoms with E-state index in [0.29, 0.717) is 12.0 Å². The Hall–Kier alpha value is -1.95. The molecule has 6 nitrogen and oxygen atoms in total. The summed E-state index contributed by atoms with van der Waals surface area (Å²) < 4.78 is 5.18. The van der Waals surface area contributed by atoms with Gasteiger partial charge in [-0.25, -0.2) is 9.97 Å². The standard InChI is InChI=1S/C16H23N5O/c1-10-14(11(2)22-21-10)4-3-5-18-16-8-15(19-9-20-16)12-6-13(17)7-12/h8-9,12-13H,3-7,17H2,1-2H3,(H,18,19,20). The third-order valence-electron chi connectivity index (χ3n) is 4.37. The van der Waals surface area contributed by atoms with Crippen LogP contribution in [0.5, 0.6) is 0 Å². The van der Waals surface area contributed by atoms with Crippen LogP contribution in [0.1, 0.15) is 47.9 Å². The second-order valence-corrected chi connectivity index (χ2v) is 6.09. The maximum atomic E-state index is 5.84. The SMILES string of the molecule is Cc1noc(C)c1CCCNc1cc(C2CC(N)C2)ncn1. The van der Waals surface area contributed by atoms with Gasteiger partial charge in [0.05, 0.1) is 5.69 Å². The lowest BCUT2D eigenvalue weighted by Crippen LogP contribution is -2.35. The van der Waals surface area contributed by atoms with Gasteiger partial charge in [-0.05, 0) is 39.5 Å². The number of nitrogens with zero attached hydrogens (tertiary/aromatic N) is 3. The number of aromatic nitrogens is 3. The molecule has 1 saturated carbocycles. The van der Waals surface area contributed by atoms with Crippen molar-refractivity contribution in [3.8, 4) is 0 Å². The maximum Gasteiger partial charge on any atom is 0.137 e. The molecule has 0 aliphatic heterocycles. The summed E-state index contributed by atoms with van der Waals surface area (Å²) in [7, 11) is 0. The molecule has 0 aromatic carbocycles. The Kier molecular flexibility index (Phi) is 4.38. The van der Waals surface area contributed by atoms with Gasteiger partial charge in [-0.2, -0.15) is 0 Å². The van der Waals surface area contributed by atoms with E-state index in [4.69, 9.17) is 10.3 Å². The largest absolute Gasteiger partial charge is 0.370 e. The molecule has 3 rings (SSSR count). The maximum absolute atomic E-state index is 5.84. The van der Waals surface area contributed by atoms with Crippen molar-refractivity contribution >= 4 is 5.82 Å². The van der Waals surface area contributed by atoms with Gasteiger partial charge < -0.3 is 15.6 Å². The van der Waals surface area contributed by atoms with E-state index in [9.17, 15) is 0 Å². The molecule has 2 heterocycles. The summed E-state index contributed by atoms with van der Waals surface area (Å²) in [6, 6.07) is 2.39. The van der Waals surface area contributed by atoms with E-state index < -0.39 is 0 Å². The smallest absolute Gasteiger partial charge is 0.137 e. The van der Waals surface area contributed by atoms with Crippen LogP contribution in [0.4, 0.5) is 5.82 Å². The van der Waals surface area contributed by atoms with E-state index in [1.807, 2.05) is 19.9 Å². The molecule has 22 heavy (non-hydrogen) atoms. The number of nitrogens with two attached hydrogens (primary N) is 1. The first-order chi connectivity index (χ1) is 10.6. The van der Waals surface area contributed by atoms with Crippen LogP contribution in [0.25, 0.3) is 0 Å². The molecule has 0 saturated heterocycles. The van der Waals surface area contributed by atoms with E-state index >= 15 is 0 Å². The van der Waals surface area contributed by atoms with Gasteiger partial charge in [-0.3, -0.25) is 0 Å². The highest BCUT2D eigenvalue weighted by molar-refractivity contribution is 5.36. The van der Waals surface area contributed by atoms with Crippen molar-refractivity contribution in [2.45, 2.75) is 51.5 Å². The van der Waals surface area contributed by atoms with Gasteiger partial charge in [0.1, 0.15) is 17.9 Å². The lowest BCUT2D eigenvalue weighted by Gasteiger charge is -2.31. The van der Waals surface area contributed by atoms with Crippen LogP contribution in [-0.2, 0) is 6.42 Å². The average Bonchev–Trinajstić information content (AvgIpc) is 2.80. The van der Waals surface area contributed by atoms with Gasteiger partial charge in [0.15, 0.2) is 0 Å². The number of hydrogen-bond acceptors (Lipinski definition) is 6. The fourth-order valence-electron chi connectivity index (χ4n) is 2.94. The number of aryl methyl sites for hydroxylation is 2. The molecule has 2 aromatic rings. The van der Waals surface area contributed by atoms with Crippen molar-refractivity contribution in [2.75, 3.05) is 11.9 Å². The molecule has 0 atom stereocenters. The summed E-state index contributed by atoms with van der Waals surface area (Å²) in [5.74, 6) is 2.31. The molecule has 0 spiro atoms. The highest BCUT2D eigenvalue weighted by Gasteiger charge is 2.28. The molecule has 1 aliphatic rings. The first-order valence-corrected chi connectivity index (χ1v) is 7.86. The molecule has 6 heteroatoms. The number of nitrogens with one attached hydrogen (secondary N) is 1. The molecule has 1 fully saturated rings. The summed E-state index contributed by atoms with van der Waals surface area (Å²) >= 11 is 0. The van der Waals surface area contributed by atoms with E-state index in [2.05, 4.69) is 20.4 Å². The minimum atomic E-state index is 0.339. The fraction of sp³-hybridized carbons (Fsp3) is 0.562. The molecule has 0 bridgehead atoms. The van der Waals surface area contributed by atoms with Crippen LogP contribution in [0, 0.1) is 13.8 Å². The average molecular weight is 301 g/mol. The Morgan fingerprint density at radius 1 is 1.32 bits per heavy atom. The van der Waals surface area contributed by atoms with E-state index in [1.54, 1.807) is 6.33 Å². The quantitative estimate of drug-likeness (QED) is 0.796. The Morgan fingerprint density at radius 3 is 2.82 bits per heavy atom. The Labute approximate surface area is 130 Å². The third kappa shape index (κ3) is 3.27. The molecular formula is C16H23N5O. The van der Waals surface area contributed by atoms with Gasteiger partial charge in [0, 0.05) is 35.8 Å². The zero-order chi connectivity index (χ0) is 15.5.